The molecule has 0 fully saturated rings. The third kappa shape index (κ3) is 3.10. The summed E-state index contributed by atoms with van der Waals surface area (Å²) in [6, 6.07) is 0. The van der Waals surface area contributed by atoms with E-state index >= 15 is 0 Å². The van der Waals surface area contributed by atoms with Crippen molar-refractivity contribution in [3.05, 3.63) is 21.1 Å². The van der Waals surface area contributed by atoms with Crippen molar-refractivity contribution in [3.63, 3.8) is 0 Å². The molecule has 77 valence electrons. The second kappa shape index (κ2) is 4.81. The van der Waals surface area contributed by atoms with Crippen molar-refractivity contribution in [2.45, 2.75) is 53.4 Å². The van der Waals surface area contributed by atoms with E-state index in [1.165, 1.54) is 25.7 Å². The molecule has 0 bridgehead atoms. The van der Waals surface area contributed by atoms with Gasteiger partial charge in [-0.3, -0.25) is 0 Å². The fraction of sp³-hybridized carbons (Fsp3) is 0.692. The fourth-order valence-electron chi connectivity index (χ4n) is 1.90. The summed E-state index contributed by atoms with van der Waals surface area (Å²) in [7, 11) is 0. The molecule has 0 aromatic heterocycles. The maximum absolute atomic E-state index is 2.45. The maximum atomic E-state index is 2.45. The summed E-state index contributed by atoms with van der Waals surface area (Å²) in [5.74, 6) is 0. The molecule has 14 heavy (non-hydrogen) atoms. The van der Waals surface area contributed by atoms with Gasteiger partial charge in [-0.25, -0.2) is 0 Å². The van der Waals surface area contributed by atoms with Crippen molar-refractivity contribution in [1.82, 2.24) is 0 Å². The van der Waals surface area contributed by atoms with Crippen LogP contribution in [0.5, 0.6) is 0 Å². The van der Waals surface area contributed by atoms with Gasteiger partial charge in [-0.15, -0.1) is 0 Å². The van der Waals surface area contributed by atoms with E-state index in [1.807, 2.05) is 0 Å². The Hall–Kier alpha value is 0.194. The third-order valence-electron chi connectivity index (χ3n) is 2.74. The number of hydrogen-bond acceptors (Lipinski definition) is 0. The van der Waals surface area contributed by atoms with Gasteiger partial charge in [0.1, 0.15) is 0 Å². The van der Waals surface area contributed by atoms with Crippen LogP contribution < -0.4 is 0 Å². The molecular formula is C13H21Ti. The number of rotatable bonds is 3. The molecule has 0 unspecified atom stereocenters. The molecule has 0 N–H and O–H groups in total. The summed E-state index contributed by atoms with van der Waals surface area (Å²) in [6.45, 7) is 9.20. The molecule has 0 spiro atoms. The van der Waals surface area contributed by atoms with Crippen molar-refractivity contribution in [3.8, 4) is 0 Å². The average molecular weight is 225 g/mol. The van der Waals surface area contributed by atoms with E-state index in [4.69, 9.17) is 0 Å². The summed E-state index contributed by atoms with van der Waals surface area (Å²) in [6.07, 6.45) is 7.63. The predicted octanol–water partition coefficient (Wildman–Crippen LogP) is 4.35. The number of allylic oxidation sites excluding steroid dienone is 4. The summed E-state index contributed by atoms with van der Waals surface area (Å²) < 4.78 is 1.59. The minimum absolute atomic E-state index is 0.331. The Morgan fingerprint density at radius 1 is 1.36 bits per heavy atom. The SMILES string of the molecule is CCCCC1=CC(C(C)(C)C)=[C]([Ti])C1. The second-order valence-corrected chi connectivity index (χ2v) is 6.17. The molecule has 0 saturated carbocycles. The normalized spacial score (nSPS) is 17.5. The number of unbranched alkanes of at least 4 members (excludes halogenated alkanes) is 1. The van der Waals surface area contributed by atoms with Crippen molar-refractivity contribution in [2.75, 3.05) is 0 Å². The Balaban J connectivity index is 2.67. The van der Waals surface area contributed by atoms with Gasteiger partial charge in [0.05, 0.1) is 0 Å². The first-order chi connectivity index (χ1) is 6.45. The molecule has 1 heteroatoms. The van der Waals surface area contributed by atoms with E-state index in [0.29, 0.717) is 5.41 Å². The predicted molar refractivity (Wildman–Crippen MR) is 58.7 cm³/mol. The van der Waals surface area contributed by atoms with Crippen LogP contribution in [0.15, 0.2) is 21.1 Å². The molecule has 1 aliphatic carbocycles. The van der Waals surface area contributed by atoms with E-state index in [1.54, 1.807) is 15.0 Å². The van der Waals surface area contributed by atoms with Crippen LogP contribution in [0.2, 0.25) is 0 Å². The Kier molecular flexibility index (Phi) is 4.21. The minimum atomic E-state index is 0.331. The van der Waals surface area contributed by atoms with Crippen LogP contribution in [0, 0.1) is 5.41 Å². The first-order valence-corrected chi connectivity index (χ1v) is 6.38. The van der Waals surface area contributed by atoms with Crippen molar-refractivity contribution in [1.29, 1.82) is 0 Å². The molecule has 0 aromatic rings. The van der Waals surface area contributed by atoms with E-state index < -0.39 is 0 Å². The Labute approximate surface area is 100 Å². The summed E-state index contributed by atoms with van der Waals surface area (Å²) in [4.78, 5) is 0. The summed E-state index contributed by atoms with van der Waals surface area (Å²) >= 11 is 2.29. The van der Waals surface area contributed by atoms with Crippen LogP contribution in [-0.2, 0) is 20.4 Å². The van der Waals surface area contributed by atoms with Gasteiger partial charge in [0.25, 0.3) is 0 Å². The monoisotopic (exact) mass is 225 g/mol. The zero-order chi connectivity index (χ0) is 10.8. The van der Waals surface area contributed by atoms with Gasteiger partial charge in [-0.2, -0.15) is 0 Å². The summed E-state index contributed by atoms with van der Waals surface area (Å²) in [5.41, 5.74) is 3.55. The van der Waals surface area contributed by atoms with E-state index in [-0.39, 0.29) is 0 Å². The molecule has 0 aromatic carbocycles. The van der Waals surface area contributed by atoms with Crippen LogP contribution in [0.25, 0.3) is 0 Å². The van der Waals surface area contributed by atoms with Crippen molar-refractivity contribution >= 4 is 0 Å². The van der Waals surface area contributed by atoms with Crippen LogP contribution in [0.3, 0.4) is 0 Å². The molecule has 0 amide bonds. The van der Waals surface area contributed by atoms with Gasteiger partial charge in [-0.05, 0) is 0 Å². The molecule has 0 saturated heterocycles. The summed E-state index contributed by atoms with van der Waals surface area (Å²) in [5, 5.41) is 0. The number of hydrogen-bond donors (Lipinski definition) is 0. The van der Waals surface area contributed by atoms with Gasteiger partial charge >= 0.3 is 100 Å². The Morgan fingerprint density at radius 2 is 2.00 bits per heavy atom. The van der Waals surface area contributed by atoms with Gasteiger partial charge in [-0.1, -0.05) is 0 Å². The molecule has 1 aliphatic rings. The van der Waals surface area contributed by atoms with Gasteiger partial charge < -0.3 is 0 Å². The van der Waals surface area contributed by atoms with E-state index in [0.717, 1.165) is 0 Å². The first kappa shape index (κ1) is 12.3. The topological polar surface area (TPSA) is 0 Å². The zero-order valence-electron chi connectivity index (χ0n) is 9.91. The van der Waals surface area contributed by atoms with Crippen molar-refractivity contribution in [2.24, 2.45) is 5.41 Å². The van der Waals surface area contributed by atoms with E-state index in [9.17, 15) is 0 Å². The van der Waals surface area contributed by atoms with Gasteiger partial charge in [0.2, 0.25) is 0 Å². The molecule has 0 radical (unpaired) electrons. The van der Waals surface area contributed by atoms with Gasteiger partial charge in [0, 0.05) is 0 Å². The Bertz CT molecular complexity index is 263. The van der Waals surface area contributed by atoms with Crippen LogP contribution in [0.4, 0.5) is 0 Å². The van der Waals surface area contributed by atoms with Crippen molar-refractivity contribution < 1.29 is 20.4 Å². The van der Waals surface area contributed by atoms with Crippen LogP contribution >= 0.6 is 0 Å². The molecule has 1 rings (SSSR count). The Morgan fingerprint density at radius 3 is 2.43 bits per heavy atom. The zero-order valence-corrected chi connectivity index (χ0v) is 11.5. The molecule has 0 aliphatic heterocycles. The van der Waals surface area contributed by atoms with Crippen LogP contribution in [-0.4, -0.2) is 0 Å². The molecular weight excluding hydrogens is 204 g/mol. The molecule has 0 nitrogen and oxygen atoms in total. The molecule has 0 atom stereocenters. The first-order valence-electron chi connectivity index (χ1n) is 5.60. The second-order valence-electron chi connectivity index (χ2n) is 5.23. The van der Waals surface area contributed by atoms with Crippen LogP contribution in [0.1, 0.15) is 53.4 Å². The van der Waals surface area contributed by atoms with Gasteiger partial charge in [0.15, 0.2) is 0 Å². The van der Waals surface area contributed by atoms with E-state index in [2.05, 4.69) is 54.2 Å². The quantitative estimate of drug-likeness (QED) is 0.626. The molecule has 0 heterocycles. The standard InChI is InChI=1S/C13H21.Ti/c1-5-6-7-11-8-9-12(10-11)13(2,3)4;/h10H,5-8H2,1-4H3;. The third-order valence-corrected chi connectivity index (χ3v) is 3.43. The fourth-order valence-corrected chi connectivity index (χ4v) is 2.95. The average Bonchev–Trinajstić information content (AvgIpc) is 2.42.